The Kier molecular flexibility index (Phi) is 3.08. The Hall–Kier alpha value is -2.10. The highest BCUT2D eigenvalue weighted by molar-refractivity contribution is 5.99. The molecule has 0 saturated carbocycles. The lowest BCUT2D eigenvalue weighted by Gasteiger charge is -2.16. The Morgan fingerprint density at radius 1 is 0.850 bits per heavy atom. The number of rotatable bonds is 1. The van der Waals surface area contributed by atoms with Crippen LogP contribution in [0.1, 0.15) is 28.8 Å². The number of halogens is 3. The van der Waals surface area contributed by atoms with Crippen LogP contribution in [-0.2, 0) is 6.42 Å². The maximum Gasteiger partial charge on any atom is 0.195 e. The van der Waals surface area contributed by atoms with Gasteiger partial charge in [0.1, 0.15) is 0 Å². The maximum atomic E-state index is 13.8. The van der Waals surface area contributed by atoms with Crippen molar-refractivity contribution in [1.29, 1.82) is 0 Å². The third-order valence-electron chi connectivity index (χ3n) is 3.61. The van der Waals surface area contributed by atoms with Crippen LogP contribution in [-0.4, -0.2) is 5.78 Å². The van der Waals surface area contributed by atoms with E-state index in [1.54, 1.807) is 18.2 Å². The molecule has 0 aliphatic heterocycles. The summed E-state index contributed by atoms with van der Waals surface area (Å²) in [6, 6.07) is 7.01. The second-order valence-electron chi connectivity index (χ2n) is 4.87. The lowest BCUT2D eigenvalue weighted by Crippen LogP contribution is -2.10. The molecule has 3 rings (SSSR count). The minimum atomic E-state index is -1.49. The largest absolute Gasteiger partial charge is 0.294 e. The van der Waals surface area contributed by atoms with Gasteiger partial charge in [0.2, 0.25) is 0 Å². The van der Waals surface area contributed by atoms with Crippen molar-refractivity contribution in [2.24, 2.45) is 0 Å². The van der Waals surface area contributed by atoms with Crippen LogP contribution in [0.3, 0.4) is 0 Å². The topological polar surface area (TPSA) is 17.1 Å². The van der Waals surface area contributed by atoms with Gasteiger partial charge in [0.15, 0.2) is 23.2 Å². The zero-order chi connectivity index (χ0) is 14.3. The molecule has 1 nitrogen and oxygen atoms in total. The second kappa shape index (κ2) is 4.78. The van der Waals surface area contributed by atoms with E-state index < -0.39 is 17.5 Å². The number of Topliss-reactive ketones (excluding diaryl/α,β-unsaturated/α-hetero) is 1. The number of fused-ring (bicyclic) bond motifs is 1. The molecule has 2 aromatic carbocycles. The normalized spacial score (nSPS) is 14.2. The molecule has 20 heavy (non-hydrogen) atoms. The van der Waals surface area contributed by atoms with Gasteiger partial charge in [-0.15, -0.1) is 0 Å². The standard InChI is InChI=1S/C16H11F3O/c17-13-7-6-11(15(18)16(13)19)10-5-4-9-2-1-3-14(20)12(9)8-10/h4-8H,1-3H2. The molecule has 0 bridgehead atoms. The SMILES string of the molecule is O=C1CCCc2ccc(-c3ccc(F)c(F)c3F)cc21. The van der Waals surface area contributed by atoms with Crippen LogP contribution in [0.2, 0.25) is 0 Å². The minimum Gasteiger partial charge on any atom is -0.294 e. The van der Waals surface area contributed by atoms with Gasteiger partial charge in [-0.05, 0) is 42.2 Å². The van der Waals surface area contributed by atoms with E-state index in [0.29, 0.717) is 17.5 Å². The molecule has 0 spiro atoms. The molecule has 0 aromatic heterocycles. The molecule has 0 unspecified atom stereocenters. The fourth-order valence-electron chi connectivity index (χ4n) is 2.54. The average Bonchev–Trinajstić information content (AvgIpc) is 2.45. The first-order valence-electron chi connectivity index (χ1n) is 6.38. The smallest absolute Gasteiger partial charge is 0.195 e. The summed E-state index contributed by atoms with van der Waals surface area (Å²) in [7, 11) is 0. The number of carbonyl (C=O) groups is 1. The van der Waals surface area contributed by atoms with Crippen molar-refractivity contribution in [3.05, 3.63) is 58.9 Å². The van der Waals surface area contributed by atoms with Crippen LogP contribution in [0.4, 0.5) is 13.2 Å². The summed E-state index contributed by atoms with van der Waals surface area (Å²) in [5.74, 6) is -3.93. The zero-order valence-electron chi connectivity index (χ0n) is 10.6. The van der Waals surface area contributed by atoms with E-state index in [4.69, 9.17) is 0 Å². The maximum absolute atomic E-state index is 13.8. The number of benzene rings is 2. The first-order chi connectivity index (χ1) is 9.58. The first-order valence-corrected chi connectivity index (χ1v) is 6.38. The third kappa shape index (κ3) is 2.01. The summed E-state index contributed by atoms with van der Waals surface area (Å²) in [6.07, 6.45) is 2.09. The van der Waals surface area contributed by atoms with E-state index in [0.717, 1.165) is 24.5 Å². The van der Waals surface area contributed by atoms with E-state index in [1.165, 1.54) is 6.07 Å². The van der Waals surface area contributed by atoms with Crippen molar-refractivity contribution in [3.8, 4) is 11.1 Å². The van der Waals surface area contributed by atoms with Crippen molar-refractivity contribution >= 4 is 5.78 Å². The van der Waals surface area contributed by atoms with Crippen molar-refractivity contribution in [1.82, 2.24) is 0 Å². The zero-order valence-corrected chi connectivity index (χ0v) is 10.6. The fraction of sp³-hybridized carbons (Fsp3) is 0.188. The van der Waals surface area contributed by atoms with E-state index in [2.05, 4.69) is 0 Å². The van der Waals surface area contributed by atoms with Gasteiger partial charge >= 0.3 is 0 Å². The average molecular weight is 276 g/mol. The van der Waals surface area contributed by atoms with E-state index in [9.17, 15) is 18.0 Å². The Bertz CT molecular complexity index is 707. The lowest BCUT2D eigenvalue weighted by molar-refractivity contribution is 0.0972. The number of ketones is 1. The third-order valence-corrected chi connectivity index (χ3v) is 3.61. The predicted octanol–water partition coefficient (Wildman–Crippen LogP) is 4.29. The summed E-state index contributed by atoms with van der Waals surface area (Å²) < 4.78 is 40.0. The summed E-state index contributed by atoms with van der Waals surface area (Å²) in [5.41, 5.74) is 1.83. The lowest BCUT2D eigenvalue weighted by atomic mass is 9.88. The van der Waals surface area contributed by atoms with E-state index >= 15 is 0 Å². The molecule has 0 radical (unpaired) electrons. The Balaban J connectivity index is 2.14. The molecule has 2 aromatic rings. The van der Waals surface area contributed by atoms with Gasteiger partial charge in [0.25, 0.3) is 0 Å². The first kappa shape index (κ1) is 12.9. The summed E-state index contributed by atoms with van der Waals surface area (Å²) in [4.78, 5) is 11.8. The Morgan fingerprint density at radius 3 is 2.45 bits per heavy atom. The molecule has 0 heterocycles. The Morgan fingerprint density at radius 2 is 1.65 bits per heavy atom. The molecular formula is C16H11F3O. The predicted molar refractivity (Wildman–Crippen MR) is 69.0 cm³/mol. The molecule has 0 atom stereocenters. The number of hydrogen-bond donors (Lipinski definition) is 0. The van der Waals surface area contributed by atoms with Gasteiger partial charge in [0, 0.05) is 17.5 Å². The van der Waals surface area contributed by atoms with Crippen molar-refractivity contribution in [2.45, 2.75) is 19.3 Å². The van der Waals surface area contributed by atoms with Gasteiger partial charge in [-0.1, -0.05) is 12.1 Å². The number of aryl methyl sites for hydroxylation is 1. The molecular weight excluding hydrogens is 265 g/mol. The van der Waals surface area contributed by atoms with Crippen LogP contribution in [0, 0.1) is 17.5 Å². The molecule has 0 N–H and O–H groups in total. The molecule has 0 fully saturated rings. The summed E-state index contributed by atoms with van der Waals surface area (Å²) in [6.45, 7) is 0. The highest BCUT2D eigenvalue weighted by Gasteiger charge is 2.20. The summed E-state index contributed by atoms with van der Waals surface area (Å²) in [5, 5.41) is 0. The van der Waals surface area contributed by atoms with Crippen molar-refractivity contribution < 1.29 is 18.0 Å². The second-order valence-corrected chi connectivity index (χ2v) is 4.87. The van der Waals surface area contributed by atoms with Crippen LogP contribution in [0.15, 0.2) is 30.3 Å². The van der Waals surface area contributed by atoms with Gasteiger partial charge in [0.05, 0.1) is 0 Å². The van der Waals surface area contributed by atoms with Crippen LogP contribution < -0.4 is 0 Å². The molecule has 102 valence electrons. The van der Waals surface area contributed by atoms with Gasteiger partial charge < -0.3 is 0 Å². The number of carbonyl (C=O) groups excluding carboxylic acids is 1. The van der Waals surface area contributed by atoms with Gasteiger partial charge in [-0.2, -0.15) is 0 Å². The van der Waals surface area contributed by atoms with Crippen LogP contribution >= 0.6 is 0 Å². The minimum absolute atomic E-state index is 0.0103. The molecule has 4 heteroatoms. The van der Waals surface area contributed by atoms with Gasteiger partial charge in [-0.3, -0.25) is 4.79 Å². The molecule has 1 aliphatic carbocycles. The number of hydrogen-bond acceptors (Lipinski definition) is 1. The monoisotopic (exact) mass is 276 g/mol. The summed E-state index contributed by atoms with van der Waals surface area (Å²) >= 11 is 0. The highest BCUT2D eigenvalue weighted by atomic mass is 19.2. The molecule has 0 saturated heterocycles. The quantitative estimate of drug-likeness (QED) is 0.710. The Labute approximate surface area is 114 Å². The fourth-order valence-corrected chi connectivity index (χ4v) is 2.54. The molecule has 0 amide bonds. The van der Waals surface area contributed by atoms with Crippen molar-refractivity contribution in [3.63, 3.8) is 0 Å². The van der Waals surface area contributed by atoms with Gasteiger partial charge in [-0.25, -0.2) is 13.2 Å². The van der Waals surface area contributed by atoms with Crippen LogP contribution in [0.5, 0.6) is 0 Å². The highest BCUT2D eigenvalue weighted by Crippen LogP contribution is 2.30. The van der Waals surface area contributed by atoms with E-state index in [-0.39, 0.29) is 11.3 Å². The van der Waals surface area contributed by atoms with Crippen molar-refractivity contribution in [2.75, 3.05) is 0 Å². The van der Waals surface area contributed by atoms with E-state index in [1.807, 2.05) is 0 Å². The van der Waals surface area contributed by atoms with Crippen LogP contribution in [0.25, 0.3) is 11.1 Å². The molecule has 1 aliphatic rings.